The molecule has 0 aliphatic heterocycles. The molecule has 0 atom stereocenters. The van der Waals surface area contributed by atoms with Crippen LogP contribution in [0.1, 0.15) is 52.7 Å². The van der Waals surface area contributed by atoms with Gasteiger partial charge in [0.1, 0.15) is 28.7 Å². The van der Waals surface area contributed by atoms with E-state index in [2.05, 4.69) is 39.5 Å². The molecule has 6 rings (SSSR count). The number of aryl methyl sites for hydroxylation is 2. The maximum absolute atomic E-state index is 14.1. The van der Waals surface area contributed by atoms with Crippen LogP contribution in [0.5, 0.6) is 34.5 Å². The third kappa shape index (κ3) is 17.6. The van der Waals surface area contributed by atoms with Crippen molar-refractivity contribution in [1.82, 2.24) is 0 Å². The second-order valence-corrected chi connectivity index (χ2v) is 17.2. The molecule has 0 bridgehead atoms. The highest BCUT2D eigenvalue weighted by molar-refractivity contribution is 5.92. The minimum atomic E-state index is -0.685. The van der Waals surface area contributed by atoms with Crippen LogP contribution in [0.15, 0.2) is 200 Å². The minimum absolute atomic E-state index is 0.163. The topological polar surface area (TPSA) is 158 Å². The molecule has 75 heavy (non-hydrogen) atoms. The van der Waals surface area contributed by atoms with E-state index in [0.717, 1.165) is 33.4 Å². The van der Waals surface area contributed by atoms with E-state index in [1.807, 2.05) is 62.4 Å². The average Bonchev–Trinajstić information content (AvgIpc) is 3.36. The SMILES string of the molecule is C=C(C)C(=O)Oc1ccc(-c2cc(C)c(OC(=O)C(=C)C)c(C)c2)cc1.C=C(C)C(=O)Oc1ccc(-c2ccc(OC(=O)C(=C)C)c(F)c2)cc1.C=C(C)C(=O)Oc1ccc(-c2ccc(OC(=O)C(=C)C)cc2)cc1. The molecule has 0 aromatic heterocycles. The molecule has 0 spiro atoms. The highest BCUT2D eigenvalue weighted by Gasteiger charge is 2.15. The second-order valence-electron chi connectivity index (χ2n) is 17.2. The Bertz CT molecular complexity index is 3120. The van der Waals surface area contributed by atoms with E-state index in [1.165, 1.54) is 19.1 Å². The molecule has 384 valence electrons. The highest BCUT2D eigenvalue weighted by atomic mass is 19.1. The first kappa shape index (κ1) is 58.1. The number of hydrogen-bond acceptors (Lipinski definition) is 12. The molecule has 13 heteroatoms. The molecule has 0 saturated heterocycles. The lowest BCUT2D eigenvalue weighted by molar-refractivity contribution is -0.131. The van der Waals surface area contributed by atoms with Crippen molar-refractivity contribution in [3.8, 4) is 67.9 Å². The van der Waals surface area contributed by atoms with Crippen LogP contribution in [0.4, 0.5) is 4.39 Å². The molecule has 12 nitrogen and oxygen atoms in total. The highest BCUT2D eigenvalue weighted by Crippen LogP contribution is 2.32. The van der Waals surface area contributed by atoms with Gasteiger partial charge in [0.2, 0.25) is 0 Å². The Balaban J connectivity index is 0.000000244. The Morgan fingerprint density at radius 1 is 0.320 bits per heavy atom. The summed E-state index contributed by atoms with van der Waals surface area (Å²) in [4.78, 5) is 69.2. The lowest BCUT2D eigenvalue weighted by Gasteiger charge is -2.13. The molecule has 6 aromatic rings. The van der Waals surface area contributed by atoms with Gasteiger partial charge in [-0.25, -0.2) is 33.2 Å². The average molecular weight is 1010 g/mol. The third-order valence-corrected chi connectivity index (χ3v) is 10.1. The number of carbonyl (C=O) groups is 6. The molecule has 0 radical (unpaired) electrons. The van der Waals surface area contributed by atoms with E-state index in [-0.39, 0.29) is 11.3 Å². The van der Waals surface area contributed by atoms with Crippen molar-refractivity contribution in [1.29, 1.82) is 0 Å². The normalized spacial score (nSPS) is 10.0. The number of esters is 6. The Morgan fingerprint density at radius 2 is 0.560 bits per heavy atom. The summed E-state index contributed by atoms with van der Waals surface area (Å²) in [6, 6.07) is 36.2. The quantitative estimate of drug-likeness (QED) is 0.0545. The fourth-order valence-electron chi connectivity index (χ4n) is 6.05. The Kier molecular flexibility index (Phi) is 20.8. The first-order chi connectivity index (χ1) is 35.3. The smallest absolute Gasteiger partial charge is 0.338 e. The molecular weight excluding hydrogens is 956 g/mol. The summed E-state index contributed by atoms with van der Waals surface area (Å²) in [5.74, 6) is -1.53. The van der Waals surface area contributed by atoms with Crippen molar-refractivity contribution in [3.05, 3.63) is 217 Å². The van der Waals surface area contributed by atoms with Crippen LogP contribution < -0.4 is 28.4 Å². The second kappa shape index (κ2) is 26.8. The molecule has 0 N–H and O–H groups in total. The molecule has 6 aromatic carbocycles. The Hall–Kier alpha value is -9.49. The van der Waals surface area contributed by atoms with Gasteiger partial charge in [-0.1, -0.05) is 94.1 Å². The van der Waals surface area contributed by atoms with Crippen molar-refractivity contribution in [2.45, 2.75) is 55.4 Å². The lowest BCUT2D eigenvalue weighted by atomic mass is 9.99. The van der Waals surface area contributed by atoms with Crippen molar-refractivity contribution < 1.29 is 61.6 Å². The monoisotopic (exact) mass is 1010 g/mol. The van der Waals surface area contributed by atoms with Gasteiger partial charge in [0.15, 0.2) is 11.6 Å². The summed E-state index contributed by atoms with van der Waals surface area (Å²) in [5.41, 5.74) is 8.72. The van der Waals surface area contributed by atoms with Gasteiger partial charge >= 0.3 is 35.8 Å². The van der Waals surface area contributed by atoms with Gasteiger partial charge in [0.25, 0.3) is 0 Å². The molecule has 0 heterocycles. The van der Waals surface area contributed by atoms with Crippen molar-refractivity contribution in [2.75, 3.05) is 0 Å². The zero-order valence-electron chi connectivity index (χ0n) is 43.1. The van der Waals surface area contributed by atoms with Crippen molar-refractivity contribution in [3.63, 3.8) is 0 Å². The Labute approximate surface area is 436 Å². The molecular formula is C62H57FO12. The first-order valence-corrected chi connectivity index (χ1v) is 22.9. The van der Waals surface area contributed by atoms with E-state index in [4.69, 9.17) is 28.4 Å². The van der Waals surface area contributed by atoms with E-state index in [9.17, 15) is 33.2 Å². The van der Waals surface area contributed by atoms with Gasteiger partial charge in [0, 0.05) is 33.4 Å². The fraction of sp³-hybridized carbons (Fsp3) is 0.129. The van der Waals surface area contributed by atoms with Crippen LogP contribution in [0, 0.1) is 19.7 Å². The maximum Gasteiger partial charge on any atom is 0.338 e. The van der Waals surface area contributed by atoms with Crippen LogP contribution in [0.25, 0.3) is 33.4 Å². The molecule has 0 fully saturated rings. The number of benzene rings is 6. The first-order valence-electron chi connectivity index (χ1n) is 22.9. The summed E-state index contributed by atoms with van der Waals surface area (Å²) in [5, 5.41) is 0. The fourth-order valence-corrected chi connectivity index (χ4v) is 6.05. The number of rotatable bonds is 15. The third-order valence-electron chi connectivity index (χ3n) is 10.1. The lowest BCUT2D eigenvalue weighted by Crippen LogP contribution is -2.10. The number of hydrogen-bond donors (Lipinski definition) is 0. The molecule has 0 unspecified atom stereocenters. The molecule has 0 saturated carbocycles. The van der Waals surface area contributed by atoms with Gasteiger partial charge in [-0.05, 0) is 173 Å². The van der Waals surface area contributed by atoms with Gasteiger partial charge in [-0.2, -0.15) is 0 Å². The van der Waals surface area contributed by atoms with E-state index < -0.39 is 41.6 Å². The molecule has 0 aliphatic carbocycles. The van der Waals surface area contributed by atoms with Crippen LogP contribution >= 0.6 is 0 Å². The van der Waals surface area contributed by atoms with Crippen molar-refractivity contribution >= 4 is 35.8 Å². The van der Waals surface area contributed by atoms with Gasteiger partial charge in [-0.3, -0.25) is 0 Å². The van der Waals surface area contributed by atoms with E-state index >= 15 is 0 Å². The van der Waals surface area contributed by atoms with E-state index in [0.29, 0.717) is 67.7 Å². The predicted octanol–water partition coefficient (Wildman–Crippen LogP) is 13.7. The zero-order valence-corrected chi connectivity index (χ0v) is 43.1. The van der Waals surface area contributed by atoms with Gasteiger partial charge in [0.05, 0.1) is 0 Å². The number of ether oxygens (including phenoxy) is 6. The summed E-state index contributed by atoms with van der Waals surface area (Å²) in [7, 11) is 0. The van der Waals surface area contributed by atoms with Crippen LogP contribution in [0.2, 0.25) is 0 Å². The molecule has 0 amide bonds. The predicted molar refractivity (Wildman–Crippen MR) is 288 cm³/mol. The van der Waals surface area contributed by atoms with Crippen molar-refractivity contribution in [2.24, 2.45) is 0 Å². The summed E-state index contributed by atoms with van der Waals surface area (Å²) in [6.45, 7) is 34.4. The summed E-state index contributed by atoms with van der Waals surface area (Å²) >= 11 is 0. The standard InChI is InChI=1S/C22H22O4.C20H17FO4.C20H18O4/c1-13(2)21(23)25-19-9-7-17(8-10-19)18-11-15(5)20(16(6)12-18)26-22(24)14(3)4;1-12(2)19(22)24-16-8-5-14(6-9-16)15-7-10-18(17(21)11-15)25-20(23)13(3)4;1-13(2)19(21)23-17-9-5-15(6-10-17)16-7-11-18(12-8-16)24-20(22)14(3)4/h7-12H,1,3H2,2,4-6H3;5-11H,1,3H2,2,4H3;5-12H,1,3H2,2,4H3. The number of carbonyl (C=O) groups excluding carboxylic acids is 6. The van der Waals surface area contributed by atoms with Gasteiger partial charge in [-0.15, -0.1) is 0 Å². The minimum Gasteiger partial charge on any atom is -0.423 e. The maximum atomic E-state index is 14.1. The number of halogens is 1. The Morgan fingerprint density at radius 3 is 0.840 bits per heavy atom. The molecule has 0 aliphatic rings. The largest absolute Gasteiger partial charge is 0.423 e. The zero-order chi connectivity index (χ0) is 55.7. The summed E-state index contributed by atoms with van der Waals surface area (Å²) < 4.78 is 45.0. The van der Waals surface area contributed by atoms with Crippen LogP contribution in [0.3, 0.4) is 0 Å². The van der Waals surface area contributed by atoms with Crippen LogP contribution in [-0.4, -0.2) is 35.8 Å². The summed E-state index contributed by atoms with van der Waals surface area (Å²) in [6.07, 6.45) is 0. The van der Waals surface area contributed by atoms with Gasteiger partial charge < -0.3 is 28.4 Å². The van der Waals surface area contributed by atoms with Crippen LogP contribution in [-0.2, 0) is 28.8 Å². The van der Waals surface area contributed by atoms with E-state index in [1.54, 1.807) is 101 Å².